The average molecular weight is 212 g/mol. The van der Waals surface area contributed by atoms with Gasteiger partial charge in [0.2, 0.25) is 5.91 Å². The highest BCUT2D eigenvalue weighted by atomic mass is 16.5. The summed E-state index contributed by atoms with van der Waals surface area (Å²) in [5, 5.41) is 11.4. The molecule has 15 heavy (non-hydrogen) atoms. The molecule has 4 heteroatoms. The maximum Gasteiger partial charge on any atom is 0.237 e. The molecule has 0 saturated carbocycles. The van der Waals surface area contributed by atoms with Crippen LogP contribution in [-0.2, 0) is 9.53 Å². The van der Waals surface area contributed by atoms with Gasteiger partial charge in [0.1, 0.15) is 5.92 Å². The van der Waals surface area contributed by atoms with E-state index in [1.165, 1.54) is 0 Å². The van der Waals surface area contributed by atoms with Gasteiger partial charge in [-0.3, -0.25) is 4.79 Å². The Bertz CT molecular complexity index is 233. The standard InChI is InChI=1S/C11H20N2O2/c1-5-15-7-10(8(2)3)13-11(14)9(4)6-12/h8-10H,5,7H2,1-4H3,(H,13,14). The van der Waals surface area contributed by atoms with E-state index >= 15 is 0 Å². The van der Waals surface area contributed by atoms with Crippen LogP contribution in [0.4, 0.5) is 0 Å². The molecule has 0 aromatic rings. The number of nitrogens with one attached hydrogen (secondary N) is 1. The van der Waals surface area contributed by atoms with Gasteiger partial charge in [0.05, 0.1) is 18.7 Å². The Morgan fingerprint density at radius 1 is 1.47 bits per heavy atom. The van der Waals surface area contributed by atoms with Crippen LogP contribution in [-0.4, -0.2) is 25.2 Å². The van der Waals surface area contributed by atoms with Crippen LogP contribution in [0.3, 0.4) is 0 Å². The van der Waals surface area contributed by atoms with Crippen LogP contribution in [0.15, 0.2) is 0 Å². The fourth-order valence-corrected chi connectivity index (χ4v) is 1.01. The molecular weight excluding hydrogens is 192 g/mol. The van der Waals surface area contributed by atoms with E-state index in [1.807, 2.05) is 26.8 Å². The van der Waals surface area contributed by atoms with Crippen molar-refractivity contribution in [2.75, 3.05) is 13.2 Å². The summed E-state index contributed by atoms with van der Waals surface area (Å²) in [7, 11) is 0. The first-order chi connectivity index (χ1) is 7.02. The lowest BCUT2D eigenvalue weighted by atomic mass is 10.0. The van der Waals surface area contributed by atoms with Crippen LogP contribution in [0.1, 0.15) is 27.7 Å². The molecule has 2 atom stereocenters. The number of hydrogen-bond acceptors (Lipinski definition) is 3. The minimum absolute atomic E-state index is 0.0201. The van der Waals surface area contributed by atoms with Crippen molar-refractivity contribution >= 4 is 5.91 Å². The van der Waals surface area contributed by atoms with Crippen molar-refractivity contribution in [2.24, 2.45) is 11.8 Å². The van der Waals surface area contributed by atoms with Crippen molar-refractivity contribution in [1.29, 1.82) is 5.26 Å². The van der Waals surface area contributed by atoms with Crippen LogP contribution in [0.5, 0.6) is 0 Å². The summed E-state index contributed by atoms with van der Waals surface area (Å²) in [6.45, 7) is 8.66. The van der Waals surface area contributed by atoms with Crippen molar-refractivity contribution < 1.29 is 9.53 Å². The zero-order valence-corrected chi connectivity index (χ0v) is 9.91. The molecule has 0 radical (unpaired) electrons. The number of hydrogen-bond donors (Lipinski definition) is 1. The summed E-state index contributed by atoms with van der Waals surface area (Å²) in [5.41, 5.74) is 0. The van der Waals surface area contributed by atoms with Gasteiger partial charge >= 0.3 is 0 Å². The lowest BCUT2D eigenvalue weighted by Gasteiger charge is -2.22. The molecule has 0 saturated heterocycles. The van der Waals surface area contributed by atoms with E-state index in [9.17, 15) is 4.79 Å². The quantitative estimate of drug-likeness (QED) is 0.722. The fourth-order valence-electron chi connectivity index (χ4n) is 1.01. The van der Waals surface area contributed by atoms with Gasteiger partial charge < -0.3 is 10.1 Å². The second-order valence-corrected chi connectivity index (χ2v) is 3.87. The first-order valence-electron chi connectivity index (χ1n) is 5.30. The van der Waals surface area contributed by atoms with Crippen LogP contribution in [0.25, 0.3) is 0 Å². The van der Waals surface area contributed by atoms with E-state index in [0.29, 0.717) is 19.1 Å². The molecule has 0 aromatic carbocycles. The van der Waals surface area contributed by atoms with Crippen LogP contribution >= 0.6 is 0 Å². The van der Waals surface area contributed by atoms with Gasteiger partial charge in [-0.05, 0) is 19.8 Å². The molecule has 1 amide bonds. The van der Waals surface area contributed by atoms with E-state index in [0.717, 1.165) is 0 Å². The fraction of sp³-hybridized carbons (Fsp3) is 0.818. The Kier molecular flexibility index (Phi) is 6.72. The third-order valence-corrected chi connectivity index (χ3v) is 2.22. The maximum atomic E-state index is 11.5. The van der Waals surface area contributed by atoms with Crippen molar-refractivity contribution in [2.45, 2.75) is 33.7 Å². The summed E-state index contributed by atoms with van der Waals surface area (Å²) in [6.07, 6.45) is 0. The summed E-state index contributed by atoms with van der Waals surface area (Å²) >= 11 is 0. The minimum Gasteiger partial charge on any atom is -0.380 e. The van der Waals surface area contributed by atoms with Crippen molar-refractivity contribution in [3.8, 4) is 6.07 Å². The molecule has 0 aliphatic carbocycles. The summed E-state index contributed by atoms with van der Waals surface area (Å²) in [5.74, 6) is -0.532. The zero-order valence-electron chi connectivity index (χ0n) is 9.91. The van der Waals surface area contributed by atoms with Gasteiger partial charge in [-0.25, -0.2) is 0 Å². The maximum absolute atomic E-state index is 11.5. The van der Waals surface area contributed by atoms with Gasteiger partial charge in [0.15, 0.2) is 0 Å². The van der Waals surface area contributed by atoms with Crippen LogP contribution < -0.4 is 5.32 Å². The normalized spacial score (nSPS) is 14.4. The smallest absolute Gasteiger partial charge is 0.237 e. The molecule has 1 N–H and O–H groups in total. The summed E-state index contributed by atoms with van der Waals surface area (Å²) in [6, 6.07) is 1.89. The SMILES string of the molecule is CCOCC(NC(=O)C(C)C#N)C(C)C. The first kappa shape index (κ1) is 13.9. The van der Waals surface area contributed by atoms with E-state index < -0.39 is 5.92 Å². The molecule has 0 heterocycles. The number of nitriles is 1. The van der Waals surface area contributed by atoms with Crippen molar-refractivity contribution in [3.63, 3.8) is 0 Å². The average Bonchev–Trinajstić information content (AvgIpc) is 2.22. The predicted molar refractivity (Wildman–Crippen MR) is 58.0 cm³/mol. The largest absolute Gasteiger partial charge is 0.380 e. The van der Waals surface area contributed by atoms with E-state index in [1.54, 1.807) is 6.92 Å². The van der Waals surface area contributed by atoms with Gasteiger partial charge in [-0.1, -0.05) is 13.8 Å². The Labute approximate surface area is 91.6 Å². The van der Waals surface area contributed by atoms with E-state index in [2.05, 4.69) is 5.32 Å². The van der Waals surface area contributed by atoms with Crippen molar-refractivity contribution in [1.82, 2.24) is 5.32 Å². The van der Waals surface area contributed by atoms with Crippen molar-refractivity contribution in [3.05, 3.63) is 0 Å². The van der Waals surface area contributed by atoms with E-state index in [-0.39, 0.29) is 11.9 Å². The van der Waals surface area contributed by atoms with Gasteiger partial charge in [0.25, 0.3) is 0 Å². The first-order valence-corrected chi connectivity index (χ1v) is 5.30. The zero-order chi connectivity index (χ0) is 11.8. The summed E-state index contributed by atoms with van der Waals surface area (Å²) in [4.78, 5) is 11.5. The highest BCUT2D eigenvalue weighted by Crippen LogP contribution is 2.04. The highest BCUT2D eigenvalue weighted by Gasteiger charge is 2.19. The molecule has 2 unspecified atom stereocenters. The number of ether oxygens (including phenoxy) is 1. The molecule has 0 aliphatic rings. The predicted octanol–water partition coefficient (Wildman–Crippen LogP) is 1.32. The molecule has 4 nitrogen and oxygen atoms in total. The monoisotopic (exact) mass is 212 g/mol. The molecular formula is C11H20N2O2. The van der Waals surface area contributed by atoms with Gasteiger partial charge in [-0.15, -0.1) is 0 Å². The van der Waals surface area contributed by atoms with Crippen LogP contribution in [0, 0.1) is 23.2 Å². The lowest BCUT2D eigenvalue weighted by molar-refractivity contribution is -0.124. The molecule has 0 bridgehead atoms. The molecule has 0 fully saturated rings. The molecule has 0 rings (SSSR count). The van der Waals surface area contributed by atoms with Gasteiger partial charge in [-0.2, -0.15) is 5.26 Å². The summed E-state index contributed by atoms with van der Waals surface area (Å²) < 4.78 is 5.27. The van der Waals surface area contributed by atoms with E-state index in [4.69, 9.17) is 10.00 Å². The highest BCUT2D eigenvalue weighted by molar-refractivity contribution is 5.80. The third-order valence-electron chi connectivity index (χ3n) is 2.22. The topological polar surface area (TPSA) is 62.1 Å². The lowest BCUT2D eigenvalue weighted by Crippen LogP contribution is -2.43. The van der Waals surface area contributed by atoms with Crippen LogP contribution in [0.2, 0.25) is 0 Å². The molecule has 0 aromatic heterocycles. The Morgan fingerprint density at radius 2 is 2.07 bits per heavy atom. The minimum atomic E-state index is -0.604. The number of carbonyl (C=O) groups excluding carboxylic acids is 1. The Morgan fingerprint density at radius 3 is 2.47 bits per heavy atom. The molecule has 0 spiro atoms. The Hall–Kier alpha value is -1.08. The number of rotatable bonds is 6. The number of amides is 1. The Balaban J connectivity index is 4.17. The molecule has 86 valence electrons. The second-order valence-electron chi connectivity index (χ2n) is 3.87. The third kappa shape index (κ3) is 5.38. The number of carbonyl (C=O) groups is 1. The second kappa shape index (κ2) is 7.24. The number of nitrogens with zero attached hydrogens (tertiary/aromatic N) is 1. The van der Waals surface area contributed by atoms with Gasteiger partial charge in [0, 0.05) is 6.61 Å². The molecule has 0 aliphatic heterocycles.